The molecule has 0 saturated heterocycles. The van der Waals surface area contributed by atoms with E-state index in [2.05, 4.69) is 0 Å². The molecule has 3 rings (SSSR count). The third-order valence-electron chi connectivity index (χ3n) is 4.16. The maximum atomic E-state index is 12.8. The van der Waals surface area contributed by atoms with Crippen molar-refractivity contribution in [2.75, 3.05) is 11.4 Å². The number of pyridine rings is 1. The molecule has 7 nitrogen and oxygen atoms in total. The van der Waals surface area contributed by atoms with Crippen molar-refractivity contribution in [3.63, 3.8) is 0 Å². The van der Waals surface area contributed by atoms with Crippen LogP contribution in [0, 0.1) is 10.1 Å². The average molecular weight is 351 g/mol. The minimum absolute atomic E-state index is 0.231. The monoisotopic (exact) mass is 351 g/mol. The Bertz CT molecular complexity index is 1040. The molecule has 0 unspecified atom stereocenters. The standard InChI is InChI=1S/C19H17N3O4/c1-2-21(17-9-5-7-14-6-3-4-8-16(14)17)19(24)13-20-12-15(22(25)26)10-11-18(20)23/h3-12H,2,13H2,1H3. The molecule has 0 radical (unpaired) electrons. The van der Waals surface area contributed by atoms with Crippen molar-refractivity contribution in [3.8, 4) is 0 Å². The van der Waals surface area contributed by atoms with Gasteiger partial charge in [-0.25, -0.2) is 0 Å². The van der Waals surface area contributed by atoms with Crippen LogP contribution < -0.4 is 10.5 Å². The van der Waals surface area contributed by atoms with E-state index in [0.717, 1.165) is 39.4 Å². The van der Waals surface area contributed by atoms with Crippen molar-refractivity contribution in [1.29, 1.82) is 0 Å². The van der Waals surface area contributed by atoms with Crippen molar-refractivity contribution in [3.05, 3.63) is 81.3 Å². The smallest absolute Gasteiger partial charge is 0.285 e. The van der Waals surface area contributed by atoms with Crippen LogP contribution in [-0.4, -0.2) is 21.9 Å². The van der Waals surface area contributed by atoms with Gasteiger partial charge in [-0.3, -0.25) is 24.3 Å². The summed E-state index contributed by atoms with van der Waals surface area (Å²) in [5.41, 5.74) is 0.0533. The highest BCUT2D eigenvalue weighted by molar-refractivity contribution is 6.03. The number of amides is 1. The number of fused-ring (bicyclic) bond motifs is 1. The van der Waals surface area contributed by atoms with E-state index in [1.54, 1.807) is 4.90 Å². The first-order valence-corrected chi connectivity index (χ1v) is 8.14. The molecule has 2 aromatic carbocycles. The second-order valence-electron chi connectivity index (χ2n) is 5.75. The Morgan fingerprint density at radius 2 is 1.85 bits per heavy atom. The van der Waals surface area contributed by atoms with E-state index in [9.17, 15) is 19.7 Å². The van der Waals surface area contributed by atoms with Crippen LogP contribution in [0.2, 0.25) is 0 Å². The third-order valence-corrected chi connectivity index (χ3v) is 4.16. The van der Waals surface area contributed by atoms with Gasteiger partial charge in [-0.2, -0.15) is 0 Å². The molecule has 0 atom stereocenters. The zero-order valence-corrected chi connectivity index (χ0v) is 14.2. The molecule has 1 amide bonds. The maximum Gasteiger partial charge on any atom is 0.285 e. The number of aromatic nitrogens is 1. The Balaban J connectivity index is 1.96. The van der Waals surface area contributed by atoms with Crippen molar-refractivity contribution in [1.82, 2.24) is 4.57 Å². The molecular weight excluding hydrogens is 334 g/mol. The van der Waals surface area contributed by atoms with Crippen LogP contribution in [0.4, 0.5) is 11.4 Å². The molecule has 0 aliphatic rings. The predicted molar refractivity (Wildman–Crippen MR) is 99.3 cm³/mol. The minimum atomic E-state index is -0.595. The van der Waals surface area contributed by atoms with Crippen LogP contribution in [0.1, 0.15) is 6.92 Å². The Morgan fingerprint density at radius 3 is 2.58 bits per heavy atom. The maximum absolute atomic E-state index is 12.8. The van der Waals surface area contributed by atoms with Gasteiger partial charge >= 0.3 is 0 Å². The number of likely N-dealkylation sites (N-methyl/N-ethyl adjacent to an activating group) is 1. The van der Waals surface area contributed by atoms with E-state index in [4.69, 9.17) is 0 Å². The number of carbonyl (C=O) groups is 1. The van der Waals surface area contributed by atoms with Crippen LogP contribution in [0.15, 0.2) is 65.6 Å². The molecule has 0 fully saturated rings. The fraction of sp³-hybridized carbons (Fsp3) is 0.158. The molecule has 0 bridgehead atoms. The molecule has 7 heteroatoms. The van der Waals surface area contributed by atoms with E-state index >= 15 is 0 Å². The van der Waals surface area contributed by atoms with Gasteiger partial charge in [-0.1, -0.05) is 36.4 Å². The summed E-state index contributed by atoms with van der Waals surface area (Å²) < 4.78 is 1.06. The highest BCUT2D eigenvalue weighted by atomic mass is 16.6. The minimum Gasteiger partial charge on any atom is -0.311 e. The Kier molecular flexibility index (Phi) is 4.79. The summed E-state index contributed by atoms with van der Waals surface area (Å²) in [6.07, 6.45) is 1.09. The average Bonchev–Trinajstić information content (AvgIpc) is 2.64. The first-order valence-electron chi connectivity index (χ1n) is 8.14. The second kappa shape index (κ2) is 7.18. The van der Waals surface area contributed by atoms with E-state index < -0.39 is 10.5 Å². The van der Waals surface area contributed by atoms with E-state index in [0.29, 0.717) is 6.54 Å². The lowest BCUT2D eigenvalue weighted by Gasteiger charge is -2.23. The van der Waals surface area contributed by atoms with E-state index in [-0.39, 0.29) is 18.1 Å². The van der Waals surface area contributed by atoms with Gasteiger partial charge in [0, 0.05) is 24.1 Å². The molecule has 0 spiro atoms. The highest BCUT2D eigenvalue weighted by Crippen LogP contribution is 2.26. The molecule has 0 aliphatic carbocycles. The van der Waals surface area contributed by atoms with Crippen molar-refractivity contribution < 1.29 is 9.72 Å². The van der Waals surface area contributed by atoms with Gasteiger partial charge in [0.05, 0.1) is 16.8 Å². The van der Waals surface area contributed by atoms with Crippen LogP contribution in [0.25, 0.3) is 10.8 Å². The fourth-order valence-electron chi connectivity index (χ4n) is 2.91. The Hall–Kier alpha value is -3.48. The molecule has 0 N–H and O–H groups in total. The van der Waals surface area contributed by atoms with Crippen LogP contribution in [-0.2, 0) is 11.3 Å². The lowest BCUT2D eigenvalue weighted by molar-refractivity contribution is -0.385. The normalized spacial score (nSPS) is 10.7. The van der Waals surface area contributed by atoms with Gasteiger partial charge in [0.15, 0.2) is 0 Å². The number of hydrogen-bond donors (Lipinski definition) is 0. The van der Waals surface area contributed by atoms with Gasteiger partial charge in [-0.15, -0.1) is 0 Å². The SMILES string of the molecule is CCN(C(=O)Cn1cc([N+](=O)[O-])ccc1=O)c1cccc2ccccc12. The topological polar surface area (TPSA) is 85.4 Å². The quantitative estimate of drug-likeness (QED) is 0.522. The summed E-state index contributed by atoms with van der Waals surface area (Å²) in [5, 5.41) is 12.8. The molecule has 3 aromatic rings. The number of rotatable bonds is 5. The number of nitrogens with zero attached hydrogens (tertiary/aromatic N) is 3. The molecule has 26 heavy (non-hydrogen) atoms. The van der Waals surface area contributed by atoms with Crippen LogP contribution >= 0.6 is 0 Å². The van der Waals surface area contributed by atoms with Crippen LogP contribution in [0.5, 0.6) is 0 Å². The number of benzene rings is 2. The summed E-state index contributed by atoms with van der Waals surface area (Å²) in [4.78, 5) is 36.7. The van der Waals surface area contributed by atoms with E-state index in [1.165, 1.54) is 0 Å². The van der Waals surface area contributed by atoms with Gasteiger partial charge in [0.25, 0.3) is 11.2 Å². The van der Waals surface area contributed by atoms with Crippen molar-refractivity contribution in [2.24, 2.45) is 0 Å². The first-order chi connectivity index (χ1) is 12.5. The van der Waals surface area contributed by atoms with Crippen molar-refractivity contribution in [2.45, 2.75) is 13.5 Å². The molecule has 1 aromatic heterocycles. The summed E-state index contributed by atoms with van der Waals surface area (Å²) in [5.74, 6) is -0.313. The number of anilines is 1. The number of carbonyl (C=O) groups excluding carboxylic acids is 1. The first kappa shape index (κ1) is 17.3. The summed E-state index contributed by atoms with van der Waals surface area (Å²) in [6, 6.07) is 15.6. The molecule has 132 valence electrons. The van der Waals surface area contributed by atoms with Crippen LogP contribution in [0.3, 0.4) is 0 Å². The number of nitro groups is 1. The Labute approximate surface area is 149 Å². The zero-order chi connectivity index (χ0) is 18.7. The lowest BCUT2D eigenvalue weighted by Crippen LogP contribution is -2.36. The second-order valence-corrected chi connectivity index (χ2v) is 5.75. The summed E-state index contributed by atoms with van der Waals surface area (Å²) in [7, 11) is 0. The molecule has 1 heterocycles. The predicted octanol–water partition coefficient (Wildman–Crippen LogP) is 2.96. The van der Waals surface area contributed by atoms with Crippen molar-refractivity contribution >= 4 is 28.1 Å². The van der Waals surface area contributed by atoms with E-state index in [1.807, 2.05) is 49.4 Å². The summed E-state index contributed by atoms with van der Waals surface area (Å²) in [6.45, 7) is 1.99. The highest BCUT2D eigenvalue weighted by Gasteiger charge is 2.18. The largest absolute Gasteiger partial charge is 0.311 e. The zero-order valence-electron chi connectivity index (χ0n) is 14.2. The molecule has 0 aliphatic heterocycles. The Morgan fingerprint density at radius 1 is 1.12 bits per heavy atom. The molecular formula is C19H17N3O4. The van der Waals surface area contributed by atoms with Gasteiger partial charge in [0.2, 0.25) is 5.91 Å². The van der Waals surface area contributed by atoms with Gasteiger partial charge < -0.3 is 4.90 Å². The number of hydrogen-bond acceptors (Lipinski definition) is 4. The molecule has 0 saturated carbocycles. The summed E-state index contributed by atoms with van der Waals surface area (Å²) >= 11 is 0. The van der Waals surface area contributed by atoms with Gasteiger partial charge in [-0.05, 0) is 18.4 Å². The fourth-order valence-corrected chi connectivity index (χ4v) is 2.91. The lowest BCUT2D eigenvalue weighted by atomic mass is 10.1. The third kappa shape index (κ3) is 3.32. The van der Waals surface area contributed by atoms with Gasteiger partial charge in [0.1, 0.15) is 6.54 Å².